The minimum absolute atomic E-state index is 0.0220. The van der Waals surface area contributed by atoms with Crippen LogP contribution in [0.2, 0.25) is 0 Å². The van der Waals surface area contributed by atoms with E-state index in [2.05, 4.69) is 45.5 Å². The van der Waals surface area contributed by atoms with Crippen LogP contribution in [-0.2, 0) is 9.59 Å². The molecule has 0 saturated heterocycles. The highest BCUT2D eigenvalue weighted by Crippen LogP contribution is 2.60. The maximum absolute atomic E-state index is 13.5. The van der Waals surface area contributed by atoms with Crippen molar-refractivity contribution in [1.82, 2.24) is 15.3 Å². The molecule has 35 heavy (non-hydrogen) atoms. The average Bonchev–Trinajstić information content (AvgIpc) is 3.09. The zero-order chi connectivity index (χ0) is 24.7. The molecular formula is C29H38N4O2. The van der Waals surface area contributed by atoms with Crippen LogP contribution >= 0.6 is 0 Å². The van der Waals surface area contributed by atoms with Gasteiger partial charge in [0.1, 0.15) is 6.04 Å². The van der Waals surface area contributed by atoms with E-state index in [0.29, 0.717) is 17.8 Å². The average molecular weight is 475 g/mol. The summed E-state index contributed by atoms with van der Waals surface area (Å²) in [6.07, 6.45) is 8.55. The highest BCUT2D eigenvalue weighted by atomic mass is 16.2. The van der Waals surface area contributed by atoms with E-state index >= 15 is 0 Å². The number of carbonyl (C=O) groups is 2. The molecule has 6 nitrogen and oxygen atoms in total. The number of amides is 2. The van der Waals surface area contributed by atoms with Gasteiger partial charge in [-0.3, -0.25) is 9.59 Å². The Morgan fingerprint density at radius 3 is 2.20 bits per heavy atom. The number of hydrazone groups is 1. The van der Waals surface area contributed by atoms with Crippen LogP contribution in [0, 0.1) is 42.9 Å². The van der Waals surface area contributed by atoms with E-state index in [-0.39, 0.29) is 23.1 Å². The second-order valence-electron chi connectivity index (χ2n) is 11.6. The molecule has 0 radical (unpaired) electrons. The number of nitrogens with zero attached hydrogens (tertiary/aromatic N) is 2. The van der Waals surface area contributed by atoms with Gasteiger partial charge in [0, 0.05) is 28.1 Å². The molecule has 4 aliphatic carbocycles. The molecule has 4 aliphatic rings. The number of para-hydroxylation sites is 1. The van der Waals surface area contributed by atoms with Crippen molar-refractivity contribution in [3.05, 3.63) is 53.3 Å². The first-order chi connectivity index (χ1) is 16.8. The number of nitrogens with one attached hydrogen (secondary N) is 2. The van der Waals surface area contributed by atoms with E-state index in [1.807, 2.05) is 39.0 Å². The van der Waals surface area contributed by atoms with Gasteiger partial charge in [-0.2, -0.15) is 5.10 Å². The Labute approximate surface area is 208 Å². The number of hydrogen-bond donors (Lipinski definition) is 2. The summed E-state index contributed by atoms with van der Waals surface area (Å²) in [4.78, 5) is 26.6. The van der Waals surface area contributed by atoms with E-state index in [0.717, 1.165) is 41.9 Å². The summed E-state index contributed by atoms with van der Waals surface area (Å²) < 4.78 is 2.17. The molecule has 1 atom stereocenters. The van der Waals surface area contributed by atoms with Crippen molar-refractivity contribution in [1.29, 1.82) is 0 Å². The lowest BCUT2D eigenvalue weighted by Gasteiger charge is -2.55. The molecule has 6 heteroatoms. The van der Waals surface area contributed by atoms with E-state index in [9.17, 15) is 9.59 Å². The van der Waals surface area contributed by atoms with Crippen LogP contribution in [0.1, 0.15) is 69.3 Å². The molecule has 4 saturated carbocycles. The number of benzene rings is 1. The Balaban J connectivity index is 1.25. The van der Waals surface area contributed by atoms with Crippen LogP contribution < -0.4 is 10.7 Å². The van der Waals surface area contributed by atoms with Gasteiger partial charge in [-0.25, -0.2) is 5.43 Å². The van der Waals surface area contributed by atoms with Gasteiger partial charge in [0.05, 0.1) is 6.21 Å². The van der Waals surface area contributed by atoms with Crippen molar-refractivity contribution < 1.29 is 9.59 Å². The third-order valence-electron chi connectivity index (χ3n) is 8.62. The first kappa shape index (κ1) is 23.8. The minimum Gasteiger partial charge on any atom is -0.344 e. The second kappa shape index (κ2) is 9.29. The molecule has 1 unspecified atom stereocenters. The van der Waals surface area contributed by atoms with Crippen molar-refractivity contribution in [2.45, 2.75) is 72.3 Å². The first-order valence-electron chi connectivity index (χ1n) is 13.1. The summed E-state index contributed by atoms with van der Waals surface area (Å²) in [6, 6.07) is 11.7. The number of rotatable bonds is 7. The SMILES string of the molecule is Cc1cc(/C=N\NC(=O)C(NC(=O)C23CC4CC(CC(C4)C2)C3)C(C)C)c(C)n1-c1ccccc1. The van der Waals surface area contributed by atoms with E-state index in [1.54, 1.807) is 6.21 Å². The summed E-state index contributed by atoms with van der Waals surface area (Å²) in [6.45, 7) is 8.05. The van der Waals surface area contributed by atoms with Crippen LogP contribution in [0.4, 0.5) is 0 Å². The number of aromatic nitrogens is 1. The number of hydrogen-bond acceptors (Lipinski definition) is 3. The molecule has 4 bridgehead atoms. The highest BCUT2D eigenvalue weighted by molar-refractivity contribution is 5.91. The summed E-state index contributed by atoms with van der Waals surface area (Å²) in [5, 5.41) is 7.40. The summed E-state index contributed by atoms with van der Waals surface area (Å²) in [5.41, 5.74) is 6.63. The molecule has 6 rings (SSSR count). The van der Waals surface area contributed by atoms with Gasteiger partial charge in [-0.15, -0.1) is 0 Å². The molecule has 1 heterocycles. The maximum atomic E-state index is 13.5. The van der Waals surface area contributed by atoms with E-state index < -0.39 is 6.04 Å². The number of aryl methyl sites for hydroxylation is 1. The monoisotopic (exact) mass is 474 g/mol. The molecule has 1 aromatic heterocycles. The molecular weight excluding hydrogens is 436 g/mol. The highest BCUT2D eigenvalue weighted by Gasteiger charge is 2.55. The molecule has 186 valence electrons. The molecule has 0 spiro atoms. The fraction of sp³-hybridized carbons (Fsp3) is 0.552. The van der Waals surface area contributed by atoms with Crippen molar-refractivity contribution >= 4 is 18.0 Å². The molecule has 1 aromatic carbocycles. The van der Waals surface area contributed by atoms with Crippen LogP contribution in [-0.4, -0.2) is 28.6 Å². The Morgan fingerprint density at radius 2 is 1.63 bits per heavy atom. The molecule has 2 aromatic rings. The lowest BCUT2D eigenvalue weighted by atomic mass is 9.49. The van der Waals surface area contributed by atoms with Gasteiger partial charge in [-0.1, -0.05) is 32.0 Å². The smallest absolute Gasteiger partial charge is 0.262 e. The second-order valence-corrected chi connectivity index (χ2v) is 11.6. The third kappa shape index (κ3) is 4.55. The van der Waals surface area contributed by atoms with Gasteiger partial charge in [-0.05, 0) is 94.2 Å². The van der Waals surface area contributed by atoms with E-state index in [1.165, 1.54) is 19.3 Å². The molecule has 2 N–H and O–H groups in total. The normalized spacial score (nSPS) is 28.0. The standard InChI is InChI=1S/C29H38N4O2/c1-18(2)26(31-28(35)29-14-21-11-22(15-29)13-23(12-21)16-29)27(34)32-30-17-24-10-19(3)33(20(24)4)25-8-6-5-7-9-25/h5-10,17-18,21-23,26H,11-16H2,1-4H3,(H,31,35)(H,32,34)/b30-17-. The van der Waals surface area contributed by atoms with Gasteiger partial charge < -0.3 is 9.88 Å². The topological polar surface area (TPSA) is 75.5 Å². The Morgan fingerprint density at radius 1 is 1.03 bits per heavy atom. The summed E-state index contributed by atoms with van der Waals surface area (Å²) in [5.74, 6) is 1.88. The van der Waals surface area contributed by atoms with Crippen LogP contribution in [0.3, 0.4) is 0 Å². The predicted molar refractivity (Wildman–Crippen MR) is 138 cm³/mol. The fourth-order valence-corrected chi connectivity index (χ4v) is 7.35. The molecule has 0 aliphatic heterocycles. The van der Waals surface area contributed by atoms with Crippen LogP contribution in [0.25, 0.3) is 5.69 Å². The molecule has 2 amide bonds. The van der Waals surface area contributed by atoms with Crippen molar-refractivity contribution in [2.75, 3.05) is 0 Å². The van der Waals surface area contributed by atoms with Crippen molar-refractivity contribution in [2.24, 2.45) is 34.2 Å². The summed E-state index contributed by atoms with van der Waals surface area (Å²) >= 11 is 0. The largest absolute Gasteiger partial charge is 0.344 e. The van der Waals surface area contributed by atoms with Crippen molar-refractivity contribution in [3.8, 4) is 5.69 Å². The van der Waals surface area contributed by atoms with Gasteiger partial charge in [0.2, 0.25) is 5.91 Å². The lowest BCUT2D eigenvalue weighted by Crippen LogP contribution is -2.58. The zero-order valence-electron chi connectivity index (χ0n) is 21.4. The zero-order valence-corrected chi connectivity index (χ0v) is 21.4. The van der Waals surface area contributed by atoms with Gasteiger partial charge >= 0.3 is 0 Å². The fourth-order valence-electron chi connectivity index (χ4n) is 7.35. The summed E-state index contributed by atoms with van der Waals surface area (Å²) in [7, 11) is 0. The van der Waals surface area contributed by atoms with Crippen molar-refractivity contribution in [3.63, 3.8) is 0 Å². The van der Waals surface area contributed by atoms with Crippen LogP contribution in [0.5, 0.6) is 0 Å². The Kier molecular flexibility index (Phi) is 6.32. The molecule has 4 fully saturated rings. The Hall–Kier alpha value is -2.89. The van der Waals surface area contributed by atoms with Crippen LogP contribution in [0.15, 0.2) is 41.5 Å². The minimum atomic E-state index is -0.593. The third-order valence-corrected chi connectivity index (χ3v) is 8.62. The Bertz CT molecular complexity index is 1100. The number of carbonyl (C=O) groups excluding carboxylic acids is 2. The maximum Gasteiger partial charge on any atom is 0.262 e. The quantitative estimate of drug-likeness (QED) is 0.442. The van der Waals surface area contributed by atoms with Gasteiger partial charge in [0.15, 0.2) is 0 Å². The van der Waals surface area contributed by atoms with Gasteiger partial charge in [0.25, 0.3) is 5.91 Å². The van der Waals surface area contributed by atoms with E-state index in [4.69, 9.17) is 0 Å². The first-order valence-corrected chi connectivity index (χ1v) is 13.1. The predicted octanol–water partition coefficient (Wildman–Crippen LogP) is 4.90. The lowest BCUT2D eigenvalue weighted by molar-refractivity contribution is -0.149.